The minimum atomic E-state index is -0.389. The molecule has 3 unspecified atom stereocenters. The van der Waals surface area contributed by atoms with E-state index in [1.807, 2.05) is 72.8 Å². The third-order valence-electron chi connectivity index (χ3n) is 6.12. The molecule has 0 amide bonds. The SMILES string of the molecule is O=C(/C=C/c1ccccc1)OC1CCC2C(=O)C(Oc3ccc4ccccc4c3)=COC2C1. The van der Waals surface area contributed by atoms with Crippen LogP contribution < -0.4 is 4.74 Å². The number of hydrogen-bond donors (Lipinski definition) is 0. The van der Waals surface area contributed by atoms with Gasteiger partial charge in [0, 0.05) is 12.5 Å². The lowest BCUT2D eigenvalue weighted by Gasteiger charge is -2.36. The molecule has 0 bridgehead atoms. The van der Waals surface area contributed by atoms with Crippen LogP contribution in [0.4, 0.5) is 0 Å². The van der Waals surface area contributed by atoms with Crippen molar-refractivity contribution in [1.29, 1.82) is 0 Å². The third kappa shape index (κ3) is 4.82. The summed E-state index contributed by atoms with van der Waals surface area (Å²) in [6.45, 7) is 0. The van der Waals surface area contributed by atoms with Crippen molar-refractivity contribution in [2.24, 2.45) is 5.92 Å². The fourth-order valence-electron chi connectivity index (χ4n) is 4.40. The maximum absolute atomic E-state index is 13.0. The molecule has 0 spiro atoms. The quantitative estimate of drug-likeness (QED) is 0.390. The van der Waals surface area contributed by atoms with E-state index in [1.54, 1.807) is 6.08 Å². The Labute approximate surface area is 192 Å². The Morgan fingerprint density at radius 2 is 1.73 bits per heavy atom. The summed E-state index contributed by atoms with van der Waals surface area (Å²) < 4.78 is 17.3. The molecule has 3 atom stereocenters. The molecule has 0 radical (unpaired) electrons. The summed E-state index contributed by atoms with van der Waals surface area (Å²) in [7, 11) is 0. The van der Waals surface area contributed by atoms with E-state index >= 15 is 0 Å². The Hall–Kier alpha value is -3.86. The van der Waals surface area contributed by atoms with Crippen molar-refractivity contribution in [3.63, 3.8) is 0 Å². The van der Waals surface area contributed by atoms with Crippen LogP contribution in [0.1, 0.15) is 24.8 Å². The molecule has 1 aliphatic heterocycles. The lowest BCUT2D eigenvalue weighted by Crippen LogP contribution is -2.42. The number of carbonyl (C=O) groups excluding carboxylic acids is 2. The van der Waals surface area contributed by atoms with Crippen LogP contribution in [0, 0.1) is 5.92 Å². The standard InChI is InChI=1S/C28H24O5/c29-27(15-10-19-6-2-1-3-7-19)33-23-13-14-24-25(17-23)31-18-26(28(24)30)32-22-12-11-20-8-4-5-9-21(20)16-22/h1-12,15-16,18,23-25H,13-14,17H2/b15-10+. The van der Waals surface area contributed by atoms with E-state index in [9.17, 15) is 9.59 Å². The summed E-state index contributed by atoms with van der Waals surface area (Å²) in [5.41, 5.74) is 0.934. The minimum absolute atomic E-state index is 0.0619. The van der Waals surface area contributed by atoms with E-state index in [2.05, 4.69) is 0 Å². The molecule has 0 saturated heterocycles. The number of ether oxygens (including phenoxy) is 3. The number of Topliss-reactive ketones (excluding diaryl/α,β-unsaturated/α-hetero) is 1. The molecule has 1 saturated carbocycles. The molecule has 2 aliphatic rings. The second-order valence-corrected chi connectivity index (χ2v) is 8.35. The van der Waals surface area contributed by atoms with E-state index in [0.717, 1.165) is 16.3 Å². The van der Waals surface area contributed by atoms with E-state index in [4.69, 9.17) is 14.2 Å². The minimum Gasteiger partial charge on any atom is -0.493 e. The van der Waals surface area contributed by atoms with Gasteiger partial charge in [-0.3, -0.25) is 4.79 Å². The average Bonchev–Trinajstić information content (AvgIpc) is 2.85. The average molecular weight is 440 g/mol. The van der Waals surface area contributed by atoms with Crippen molar-refractivity contribution in [3.8, 4) is 5.75 Å². The fraction of sp³-hybridized carbons (Fsp3) is 0.214. The van der Waals surface area contributed by atoms with Crippen molar-refractivity contribution >= 4 is 28.6 Å². The third-order valence-corrected chi connectivity index (χ3v) is 6.12. The smallest absolute Gasteiger partial charge is 0.331 e. The molecular weight excluding hydrogens is 416 g/mol. The van der Waals surface area contributed by atoms with Gasteiger partial charge in [0.25, 0.3) is 0 Å². The summed E-state index contributed by atoms with van der Waals surface area (Å²) in [4.78, 5) is 25.2. The molecule has 0 N–H and O–H groups in total. The number of carbonyl (C=O) groups is 2. The molecule has 3 aromatic rings. The highest BCUT2D eigenvalue weighted by Crippen LogP contribution is 2.35. The zero-order chi connectivity index (χ0) is 22.6. The Morgan fingerprint density at radius 1 is 0.939 bits per heavy atom. The Morgan fingerprint density at radius 3 is 2.58 bits per heavy atom. The molecule has 1 heterocycles. The van der Waals surface area contributed by atoms with Crippen LogP contribution in [0.15, 0.2) is 90.9 Å². The molecule has 1 fully saturated rings. The largest absolute Gasteiger partial charge is 0.493 e. The van der Waals surface area contributed by atoms with Crippen LogP contribution in [0.25, 0.3) is 16.8 Å². The van der Waals surface area contributed by atoms with Gasteiger partial charge in [-0.1, -0.05) is 60.7 Å². The van der Waals surface area contributed by atoms with Crippen molar-refractivity contribution < 1.29 is 23.8 Å². The van der Waals surface area contributed by atoms with Crippen LogP contribution in [-0.2, 0) is 19.1 Å². The van der Waals surface area contributed by atoms with Gasteiger partial charge < -0.3 is 14.2 Å². The normalized spacial score (nSPS) is 22.4. The first kappa shape index (κ1) is 21.0. The first-order valence-electron chi connectivity index (χ1n) is 11.2. The van der Waals surface area contributed by atoms with E-state index in [-0.39, 0.29) is 35.6 Å². The van der Waals surface area contributed by atoms with Gasteiger partial charge in [-0.25, -0.2) is 4.79 Å². The van der Waals surface area contributed by atoms with Crippen LogP contribution in [0.5, 0.6) is 5.75 Å². The summed E-state index contributed by atoms with van der Waals surface area (Å²) in [6, 6.07) is 23.3. The highest BCUT2D eigenvalue weighted by molar-refractivity contribution is 5.97. The van der Waals surface area contributed by atoms with Crippen molar-refractivity contribution in [2.45, 2.75) is 31.5 Å². The van der Waals surface area contributed by atoms with E-state index in [0.29, 0.717) is 25.0 Å². The number of hydrogen-bond acceptors (Lipinski definition) is 5. The van der Waals surface area contributed by atoms with Gasteiger partial charge in [0.15, 0.2) is 0 Å². The van der Waals surface area contributed by atoms with Gasteiger partial charge in [-0.05, 0) is 47.4 Å². The Bertz CT molecular complexity index is 1230. The zero-order valence-electron chi connectivity index (χ0n) is 18.1. The first-order chi connectivity index (χ1) is 16.2. The van der Waals surface area contributed by atoms with Gasteiger partial charge in [0.05, 0.1) is 5.92 Å². The Kier molecular flexibility index (Phi) is 5.94. The molecule has 166 valence electrons. The van der Waals surface area contributed by atoms with Crippen LogP contribution in [0.2, 0.25) is 0 Å². The summed E-state index contributed by atoms with van der Waals surface area (Å²) in [6.07, 6.45) is 5.66. The monoisotopic (exact) mass is 440 g/mol. The molecule has 1 aliphatic carbocycles. The fourth-order valence-corrected chi connectivity index (χ4v) is 4.40. The molecule has 3 aromatic carbocycles. The zero-order valence-corrected chi connectivity index (χ0v) is 18.1. The highest BCUT2D eigenvalue weighted by atomic mass is 16.5. The summed E-state index contributed by atoms with van der Waals surface area (Å²) >= 11 is 0. The van der Waals surface area contributed by atoms with Crippen molar-refractivity contribution in [1.82, 2.24) is 0 Å². The Balaban J connectivity index is 1.20. The maximum Gasteiger partial charge on any atom is 0.331 e. The van der Waals surface area contributed by atoms with Crippen LogP contribution in [-0.4, -0.2) is 24.0 Å². The van der Waals surface area contributed by atoms with Gasteiger partial charge in [-0.15, -0.1) is 0 Å². The number of ketones is 1. The number of rotatable bonds is 5. The predicted molar refractivity (Wildman–Crippen MR) is 125 cm³/mol. The van der Waals surface area contributed by atoms with Crippen LogP contribution >= 0.6 is 0 Å². The second-order valence-electron chi connectivity index (χ2n) is 8.35. The molecular formula is C28H24O5. The molecule has 0 aromatic heterocycles. The summed E-state index contributed by atoms with van der Waals surface area (Å²) in [5.74, 6) is 0.0738. The topological polar surface area (TPSA) is 61.8 Å². The maximum atomic E-state index is 13.0. The second kappa shape index (κ2) is 9.33. The van der Waals surface area contributed by atoms with Crippen molar-refractivity contribution in [2.75, 3.05) is 0 Å². The number of allylic oxidation sites excluding steroid dienone is 1. The molecule has 5 nitrogen and oxygen atoms in total. The molecule has 5 rings (SSSR count). The van der Waals surface area contributed by atoms with E-state index < -0.39 is 0 Å². The first-order valence-corrected chi connectivity index (χ1v) is 11.2. The van der Waals surface area contributed by atoms with Gasteiger partial charge >= 0.3 is 5.97 Å². The van der Waals surface area contributed by atoms with Gasteiger partial charge in [0.2, 0.25) is 11.5 Å². The predicted octanol–water partition coefficient (Wildman–Crippen LogP) is 5.45. The van der Waals surface area contributed by atoms with Gasteiger partial charge in [0.1, 0.15) is 24.2 Å². The van der Waals surface area contributed by atoms with Gasteiger partial charge in [-0.2, -0.15) is 0 Å². The molecule has 5 heteroatoms. The summed E-state index contributed by atoms with van der Waals surface area (Å²) in [5, 5.41) is 2.15. The highest BCUT2D eigenvalue weighted by Gasteiger charge is 2.42. The lowest BCUT2D eigenvalue weighted by atomic mass is 9.80. The number of fused-ring (bicyclic) bond motifs is 2. The van der Waals surface area contributed by atoms with Crippen molar-refractivity contribution in [3.05, 3.63) is 96.5 Å². The number of esters is 1. The lowest BCUT2D eigenvalue weighted by molar-refractivity contribution is -0.149. The van der Waals surface area contributed by atoms with Crippen LogP contribution in [0.3, 0.4) is 0 Å². The molecule has 33 heavy (non-hydrogen) atoms. The van der Waals surface area contributed by atoms with E-state index in [1.165, 1.54) is 12.3 Å². The number of benzene rings is 3.